The van der Waals surface area contributed by atoms with Crippen LogP contribution in [0.5, 0.6) is 5.75 Å². The van der Waals surface area contributed by atoms with Gasteiger partial charge in [0.25, 0.3) is 0 Å². The fourth-order valence-electron chi connectivity index (χ4n) is 5.32. The van der Waals surface area contributed by atoms with Crippen molar-refractivity contribution >= 4 is 22.6 Å². The van der Waals surface area contributed by atoms with Gasteiger partial charge in [0.2, 0.25) is 5.82 Å². The Labute approximate surface area is 245 Å². The highest BCUT2D eigenvalue weighted by Crippen LogP contribution is 2.31. The lowest BCUT2D eigenvalue weighted by Crippen LogP contribution is -2.33. The van der Waals surface area contributed by atoms with E-state index in [4.69, 9.17) is 19.7 Å². The van der Waals surface area contributed by atoms with Crippen LogP contribution in [0.3, 0.4) is 0 Å². The molecule has 1 atom stereocenters. The maximum absolute atomic E-state index is 14.6. The van der Waals surface area contributed by atoms with Crippen molar-refractivity contribution < 1.29 is 32.5 Å². The quantitative estimate of drug-likeness (QED) is 0.269. The summed E-state index contributed by atoms with van der Waals surface area (Å²) in [6.07, 6.45) is 3.49. The second kappa shape index (κ2) is 11.9. The fourth-order valence-corrected chi connectivity index (χ4v) is 5.32. The van der Waals surface area contributed by atoms with Gasteiger partial charge >= 0.3 is 5.97 Å². The van der Waals surface area contributed by atoms with Gasteiger partial charge in [-0.3, -0.25) is 4.90 Å². The summed E-state index contributed by atoms with van der Waals surface area (Å²) in [7, 11) is 0. The number of carboxylic acid groups (broad SMARTS) is 1. The van der Waals surface area contributed by atoms with Crippen LogP contribution in [-0.2, 0) is 24.4 Å². The summed E-state index contributed by atoms with van der Waals surface area (Å²) in [5, 5.41) is 18.4. The number of aromatic nitrogens is 2. The Morgan fingerprint density at radius 1 is 1.14 bits per heavy atom. The van der Waals surface area contributed by atoms with Crippen LogP contribution < -0.4 is 4.74 Å². The lowest BCUT2D eigenvalue weighted by molar-refractivity contribution is -0.0591. The molecule has 1 aromatic heterocycles. The molecule has 0 spiro atoms. The minimum Gasteiger partial charge on any atom is -0.486 e. The van der Waals surface area contributed by atoms with Gasteiger partial charge in [0.15, 0.2) is 11.6 Å². The van der Waals surface area contributed by atoms with Gasteiger partial charge in [0.1, 0.15) is 18.2 Å². The van der Waals surface area contributed by atoms with Crippen LogP contribution >= 0.6 is 0 Å². The van der Waals surface area contributed by atoms with E-state index in [0.717, 1.165) is 35.5 Å². The van der Waals surface area contributed by atoms with E-state index in [1.807, 2.05) is 16.7 Å². The summed E-state index contributed by atoms with van der Waals surface area (Å²) < 4.78 is 56.5. The van der Waals surface area contributed by atoms with Crippen LogP contribution in [0, 0.1) is 28.8 Å². The van der Waals surface area contributed by atoms with Crippen molar-refractivity contribution in [1.82, 2.24) is 14.5 Å². The van der Waals surface area contributed by atoms with Crippen molar-refractivity contribution in [2.45, 2.75) is 38.6 Å². The van der Waals surface area contributed by atoms with Crippen LogP contribution in [0.25, 0.3) is 16.6 Å². The number of carbonyl (C=O) groups is 1. The summed E-state index contributed by atoms with van der Waals surface area (Å²) in [6.45, 7) is 2.62. The monoisotopic (exact) mass is 588 g/mol. The summed E-state index contributed by atoms with van der Waals surface area (Å²) in [4.78, 5) is 18.5. The Balaban J connectivity index is 1.18. The maximum atomic E-state index is 14.6. The van der Waals surface area contributed by atoms with E-state index in [-0.39, 0.29) is 35.2 Å². The number of hydrogen-bond acceptors (Lipinski definition) is 6. The van der Waals surface area contributed by atoms with Crippen LogP contribution in [0.4, 0.5) is 13.2 Å². The van der Waals surface area contributed by atoms with Gasteiger partial charge < -0.3 is 19.1 Å². The van der Waals surface area contributed by atoms with Crippen LogP contribution in [0.1, 0.15) is 45.7 Å². The maximum Gasteiger partial charge on any atom is 0.335 e. The number of nitrogens with zero attached hydrogens (tertiary/aromatic N) is 4. The molecule has 4 aromatic rings. The average Bonchev–Trinajstić information content (AvgIpc) is 3.32. The van der Waals surface area contributed by atoms with Crippen molar-refractivity contribution in [2.24, 2.45) is 0 Å². The van der Waals surface area contributed by atoms with E-state index in [1.165, 1.54) is 18.2 Å². The summed E-state index contributed by atoms with van der Waals surface area (Å²) in [6, 6.07) is 13.2. The van der Waals surface area contributed by atoms with Gasteiger partial charge in [-0.05, 0) is 66.4 Å². The van der Waals surface area contributed by atoms with E-state index in [0.29, 0.717) is 50.3 Å². The first kappa shape index (κ1) is 28.5. The van der Waals surface area contributed by atoms with E-state index in [1.54, 1.807) is 18.2 Å². The van der Waals surface area contributed by atoms with Crippen LogP contribution in [0.15, 0.2) is 54.6 Å². The molecule has 6 rings (SSSR count). The molecule has 2 aliphatic heterocycles. The Kier molecular flexibility index (Phi) is 7.88. The lowest BCUT2D eigenvalue weighted by atomic mass is 9.99. The molecule has 43 heavy (non-hydrogen) atoms. The van der Waals surface area contributed by atoms with Gasteiger partial charge in [-0.1, -0.05) is 12.1 Å². The molecule has 1 fully saturated rings. The normalized spacial score (nSPS) is 16.9. The SMILES string of the molecule is N#Cc1ccc(COc2cc(C3=CCN(Cc4nc5ccc(C(=O)O)cc5n4CC4CCO4)CC3)cc(F)c2F)c(F)c1. The van der Waals surface area contributed by atoms with Gasteiger partial charge in [0, 0.05) is 25.3 Å². The molecule has 0 saturated carbocycles. The lowest BCUT2D eigenvalue weighted by Gasteiger charge is -2.29. The Morgan fingerprint density at radius 3 is 2.65 bits per heavy atom. The summed E-state index contributed by atoms with van der Waals surface area (Å²) in [5.74, 6) is -3.42. The number of carboxylic acids is 1. The molecule has 0 radical (unpaired) electrons. The zero-order valence-corrected chi connectivity index (χ0v) is 23.0. The highest BCUT2D eigenvalue weighted by molar-refractivity contribution is 5.92. The van der Waals surface area contributed by atoms with Crippen LogP contribution in [-0.4, -0.2) is 51.3 Å². The predicted octanol–water partition coefficient (Wildman–Crippen LogP) is 5.68. The molecule has 0 amide bonds. The number of fused-ring (bicyclic) bond motifs is 1. The number of halogens is 3. The molecule has 8 nitrogen and oxygen atoms in total. The second-order valence-electron chi connectivity index (χ2n) is 10.6. The van der Waals surface area contributed by atoms with Crippen LogP contribution in [0.2, 0.25) is 0 Å². The van der Waals surface area contributed by atoms with E-state index in [2.05, 4.69) is 4.90 Å². The number of aromatic carboxylic acids is 1. The van der Waals surface area contributed by atoms with Crippen molar-refractivity contribution in [3.63, 3.8) is 0 Å². The molecule has 0 aliphatic carbocycles. The number of hydrogen-bond donors (Lipinski definition) is 1. The standard InChI is InChI=1S/C32H27F3N4O4/c33-25-11-19(15-36)1-2-22(25)18-43-29-14-23(12-26(34)31(29)35)20-5-8-38(9-6-20)17-30-37-27-4-3-21(32(40)41)13-28(27)39(30)16-24-7-10-42-24/h1-5,11-14,24H,6-10,16-18H2,(H,40,41). The Morgan fingerprint density at radius 2 is 1.98 bits per heavy atom. The summed E-state index contributed by atoms with van der Waals surface area (Å²) in [5.41, 5.74) is 3.21. The molecule has 2 aliphatic rings. The first-order chi connectivity index (χ1) is 20.8. The average molecular weight is 589 g/mol. The number of ether oxygens (including phenoxy) is 2. The number of nitriles is 1. The molecule has 1 saturated heterocycles. The Bertz CT molecular complexity index is 1790. The first-order valence-electron chi connectivity index (χ1n) is 13.8. The zero-order valence-electron chi connectivity index (χ0n) is 23.0. The summed E-state index contributed by atoms with van der Waals surface area (Å²) >= 11 is 0. The molecular formula is C32H27F3N4O4. The number of benzene rings is 3. The van der Waals surface area contributed by atoms with Gasteiger partial charge in [-0.2, -0.15) is 9.65 Å². The van der Waals surface area contributed by atoms with E-state index in [9.17, 15) is 23.1 Å². The van der Waals surface area contributed by atoms with Gasteiger partial charge in [-0.15, -0.1) is 0 Å². The Hall–Kier alpha value is -4.66. The highest BCUT2D eigenvalue weighted by atomic mass is 19.2. The molecular weight excluding hydrogens is 561 g/mol. The third-order valence-corrected chi connectivity index (χ3v) is 7.84. The number of rotatable bonds is 9. The molecule has 3 heterocycles. The van der Waals surface area contributed by atoms with Crippen molar-refractivity contribution in [3.05, 3.63) is 100 Å². The van der Waals surface area contributed by atoms with Crippen molar-refractivity contribution in [1.29, 1.82) is 5.26 Å². The van der Waals surface area contributed by atoms with E-state index < -0.39 is 23.4 Å². The molecule has 0 bridgehead atoms. The minimum absolute atomic E-state index is 0.0516. The smallest absolute Gasteiger partial charge is 0.335 e. The number of imidazole rings is 1. The molecule has 3 aromatic carbocycles. The third kappa shape index (κ3) is 5.98. The zero-order chi connectivity index (χ0) is 30.1. The highest BCUT2D eigenvalue weighted by Gasteiger charge is 2.24. The molecule has 11 heteroatoms. The first-order valence-corrected chi connectivity index (χ1v) is 13.8. The van der Waals surface area contributed by atoms with E-state index >= 15 is 0 Å². The van der Waals surface area contributed by atoms with Gasteiger partial charge in [0.05, 0.1) is 47.4 Å². The molecule has 220 valence electrons. The predicted molar refractivity (Wildman–Crippen MR) is 151 cm³/mol. The fraction of sp³-hybridized carbons (Fsp3) is 0.281. The minimum atomic E-state index is -1.16. The van der Waals surface area contributed by atoms with Gasteiger partial charge in [-0.25, -0.2) is 18.6 Å². The largest absolute Gasteiger partial charge is 0.486 e. The second-order valence-corrected chi connectivity index (χ2v) is 10.6. The topological polar surface area (TPSA) is 101 Å². The van der Waals surface area contributed by atoms with Crippen molar-refractivity contribution in [2.75, 3.05) is 19.7 Å². The molecule has 1 unspecified atom stereocenters. The third-order valence-electron chi connectivity index (χ3n) is 7.84. The molecule has 1 N–H and O–H groups in total. The van der Waals surface area contributed by atoms with Crippen molar-refractivity contribution in [3.8, 4) is 11.8 Å².